The Kier molecular flexibility index (Phi) is 13.1. The SMILES string of the molecule is C.CCNC(=O)CCC/C=C\C[C@@H]1[C@@H](/C=C/[C@@H](O)CCc2ccccc2)[C@H](O)C[C@@H]1O. The van der Waals surface area contributed by atoms with Gasteiger partial charge < -0.3 is 20.6 Å². The maximum absolute atomic E-state index is 11.4. The monoisotopic (exact) mass is 431 g/mol. The van der Waals surface area contributed by atoms with Crippen molar-refractivity contribution in [3.8, 4) is 0 Å². The van der Waals surface area contributed by atoms with Crippen molar-refractivity contribution in [1.82, 2.24) is 5.32 Å². The zero-order valence-corrected chi connectivity index (χ0v) is 18.0. The molecular formula is C26H41NO4. The highest BCUT2D eigenvalue weighted by atomic mass is 16.3. The van der Waals surface area contributed by atoms with Crippen LogP contribution in [0.25, 0.3) is 0 Å². The van der Waals surface area contributed by atoms with Crippen molar-refractivity contribution < 1.29 is 20.1 Å². The topological polar surface area (TPSA) is 89.8 Å². The summed E-state index contributed by atoms with van der Waals surface area (Å²) in [6, 6.07) is 10.1. The molecule has 1 aromatic rings. The second kappa shape index (κ2) is 15.0. The third-order valence-corrected chi connectivity index (χ3v) is 5.77. The lowest BCUT2D eigenvalue weighted by atomic mass is 9.89. The minimum atomic E-state index is -0.589. The Labute approximate surface area is 187 Å². The number of carbonyl (C=O) groups is 1. The highest BCUT2D eigenvalue weighted by molar-refractivity contribution is 5.75. The predicted molar refractivity (Wildman–Crippen MR) is 127 cm³/mol. The van der Waals surface area contributed by atoms with Gasteiger partial charge in [0.05, 0.1) is 18.3 Å². The van der Waals surface area contributed by atoms with E-state index in [-0.39, 0.29) is 25.2 Å². The summed E-state index contributed by atoms with van der Waals surface area (Å²) in [5.74, 6) is -0.139. The van der Waals surface area contributed by atoms with Crippen LogP contribution in [0, 0.1) is 11.8 Å². The van der Waals surface area contributed by atoms with Crippen molar-refractivity contribution in [2.75, 3.05) is 6.54 Å². The molecule has 0 spiro atoms. The van der Waals surface area contributed by atoms with E-state index < -0.39 is 18.3 Å². The number of aliphatic hydroxyl groups excluding tert-OH is 3. The fraction of sp³-hybridized carbons (Fsp3) is 0.577. The van der Waals surface area contributed by atoms with Gasteiger partial charge in [-0.1, -0.05) is 62.1 Å². The first-order chi connectivity index (χ1) is 14.5. The predicted octanol–water partition coefficient (Wildman–Crippen LogP) is 3.78. The summed E-state index contributed by atoms with van der Waals surface area (Å²) < 4.78 is 0. The van der Waals surface area contributed by atoms with Gasteiger partial charge in [-0.25, -0.2) is 0 Å². The van der Waals surface area contributed by atoms with Gasteiger partial charge in [-0.3, -0.25) is 4.79 Å². The van der Waals surface area contributed by atoms with Crippen LogP contribution in [0.3, 0.4) is 0 Å². The Bertz CT molecular complexity index is 673. The normalized spacial score (nSPS) is 24.4. The second-order valence-corrected chi connectivity index (χ2v) is 8.14. The van der Waals surface area contributed by atoms with Crippen molar-refractivity contribution in [1.29, 1.82) is 0 Å². The van der Waals surface area contributed by atoms with Crippen LogP contribution in [0.1, 0.15) is 58.4 Å². The molecule has 2 rings (SSSR count). The largest absolute Gasteiger partial charge is 0.393 e. The summed E-state index contributed by atoms with van der Waals surface area (Å²) in [7, 11) is 0. The van der Waals surface area contributed by atoms with Crippen molar-refractivity contribution in [3.05, 3.63) is 60.2 Å². The molecule has 5 nitrogen and oxygen atoms in total. The van der Waals surface area contributed by atoms with Crippen LogP contribution < -0.4 is 5.32 Å². The first-order valence-electron chi connectivity index (χ1n) is 11.2. The van der Waals surface area contributed by atoms with Crippen LogP contribution in [-0.4, -0.2) is 46.1 Å². The average Bonchev–Trinajstić information content (AvgIpc) is 3.00. The molecule has 0 heterocycles. The molecule has 1 aliphatic carbocycles. The molecule has 1 aromatic carbocycles. The standard InChI is InChI=1S/C25H37NO4.CH4/c1-2-26-25(30)13-9-4-3-8-12-21-22(24(29)18-23(21)28)17-16-20(27)15-14-19-10-6-5-7-11-19;/h3,5-8,10-11,16-17,20-24,27-29H,2,4,9,12-15,18H2,1H3,(H,26,30);1H4/b8-3-,17-16+;/t20-,21+,22+,23-,24+;/m0./s1. The van der Waals surface area contributed by atoms with E-state index in [0.717, 1.165) is 19.3 Å². The number of unbranched alkanes of at least 4 members (excludes halogenated alkanes) is 1. The maximum atomic E-state index is 11.4. The van der Waals surface area contributed by atoms with E-state index in [9.17, 15) is 20.1 Å². The maximum Gasteiger partial charge on any atom is 0.219 e. The van der Waals surface area contributed by atoms with Gasteiger partial charge in [0.1, 0.15) is 0 Å². The molecule has 1 amide bonds. The third-order valence-electron chi connectivity index (χ3n) is 5.77. The first kappa shape index (κ1) is 27.1. The van der Waals surface area contributed by atoms with Crippen molar-refractivity contribution in [3.63, 3.8) is 0 Å². The van der Waals surface area contributed by atoms with E-state index >= 15 is 0 Å². The number of aryl methyl sites for hydroxylation is 1. The van der Waals surface area contributed by atoms with Gasteiger partial charge in [0.2, 0.25) is 5.91 Å². The number of hydrogen-bond donors (Lipinski definition) is 4. The molecule has 0 radical (unpaired) electrons. The van der Waals surface area contributed by atoms with Gasteiger partial charge in [0.25, 0.3) is 0 Å². The average molecular weight is 432 g/mol. The Balaban J connectivity index is 0.00000480. The minimum absolute atomic E-state index is 0. The molecule has 0 aromatic heterocycles. The van der Waals surface area contributed by atoms with Crippen molar-refractivity contribution >= 4 is 5.91 Å². The van der Waals surface area contributed by atoms with Crippen molar-refractivity contribution in [2.45, 2.75) is 77.6 Å². The summed E-state index contributed by atoms with van der Waals surface area (Å²) in [6.45, 7) is 2.57. The molecule has 0 saturated heterocycles. The van der Waals surface area contributed by atoms with Crippen LogP contribution in [0.4, 0.5) is 0 Å². The molecule has 5 atom stereocenters. The Morgan fingerprint density at radius 1 is 1.19 bits per heavy atom. The zero-order chi connectivity index (χ0) is 21.8. The summed E-state index contributed by atoms with van der Waals surface area (Å²) in [4.78, 5) is 11.4. The van der Waals surface area contributed by atoms with Crippen LogP contribution in [0.5, 0.6) is 0 Å². The first-order valence-corrected chi connectivity index (χ1v) is 11.2. The van der Waals surface area contributed by atoms with Crippen molar-refractivity contribution in [2.24, 2.45) is 11.8 Å². The van der Waals surface area contributed by atoms with Crippen LogP contribution in [-0.2, 0) is 11.2 Å². The summed E-state index contributed by atoms with van der Waals surface area (Å²) >= 11 is 0. The molecule has 4 N–H and O–H groups in total. The van der Waals surface area contributed by atoms with E-state index in [0.29, 0.717) is 32.2 Å². The van der Waals surface area contributed by atoms with E-state index in [4.69, 9.17) is 0 Å². The van der Waals surface area contributed by atoms with Crippen LogP contribution >= 0.6 is 0 Å². The highest BCUT2D eigenvalue weighted by Crippen LogP contribution is 2.36. The van der Waals surface area contributed by atoms with E-state index in [1.54, 1.807) is 6.08 Å². The lowest BCUT2D eigenvalue weighted by Crippen LogP contribution is -2.21. The Morgan fingerprint density at radius 3 is 2.65 bits per heavy atom. The Hall–Kier alpha value is -1.95. The number of allylic oxidation sites excluding steroid dienone is 2. The number of nitrogens with one attached hydrogen (secondary N) is 1. The van der Waals surface area contributed by atoms with E-state index in [2.05, 4.69) is 5.32 Å². The van der Waals surface area contributed by atoms with Crippen LogP contribution in [0.15, 0.2) is 54.6 Å². The molecule has 0 unspecified atom stereocenters. The van der Waals surface area contributed by atoms with Crippen LogP contribution in [0.2, 0.25) is 0 Å². The quantitative estimate of drug-likeness (QED) is 0.299. The smallest absolute Gasteiger partial charge is 0.219 e. The fourth-order valence-corrected chi connectivity index (χ4v) is 4.06. The summed E-state index contributed by atoms with van der Waals surface area (Å²) in [5.41, 5.74) is 1.19. The Morgan fingerprint density at radius 2 is 1.94 bits per heavy atom. The van der Waals surface area contributed by atoms with E-state index in [1.165, 1.54) is 5.56 Å². The third kappa shape index (κ3) is 9.81. The van der Waals surface area contributed by atoms with Gasteiger partial charge in [-0.15, -0.1) is 0 Å². The molecule has 0 aliphatic heterocycles. The molecular weight excluding hydrogens is 390 g/mol. The van der Waals surface area contributed by atoms with E-state index in [1.807, 2.05) is 55.5 Å². The molecule has 174 valence electrons. The number of rotatable bonds is 12. The van der Waals surface area contributed by atoms with Gasteiger partial charge in [0.15, 0.2) is 0 Å². The number of amides is 1. The fourth-order valence-electron chi connectivity index (χ4n) is 4.06. The molecule has 5 heteroatoms. The highest BCUT2D eigenvalue weighted by Gasteiger charge is 2.39. The summed E-state index contributed by atoms with van der Waals surface area (Å²) in [6.07, 6.45) is 10.6. The number of carbonyl (C=O) groups excluding carboxylic acids is 1. The van der Waals surface area contributed by atoms with Gasteiger partial charge in [0, 0.05) is 25.3 Å². The lowest BCUT2D eigenvalue weighted by molar-refractivity contribution is -0.121. The van der Waals surface area contributed by atoms with Gasteiger partial charge in [-0.05, 0) is 50.5 Å². The number of aliphatic hydroxyl groups is 3. The lowest BCUT2D eigenvalue weighted by Gasteiger charge is -2.19. The molecule has 1 aliphatic rings. The van der Waals surface area contributed by atoms with Gasteiger partial charge in [-0.2, -0.15) is 0 Å². The molecule has 31 heavy (non-hydrogen) atoms. The zero-order valence-electron chi connectivity index (χ0n) is 18.0. The molecule has 1 fully saturated rings. The number of hydrogen-bond acceptors (Lipinski definition) is 4. The van der Waals surface area contributed by atoms with Gasteiger partial charge >= 0.3 is 0 Å². The minimum Gasteiger partial charge on any atom is -0.393 e. The molecule has 0 bridgehead atoms. The summed E-state index contributed by atoms with van der Waals surface area (Å²) in [5, 5.41) is 33.8. The second-order valence-electron chi connectivity index (χ2n) is 8.14. The molecule has 1 saturated carbocycles. The number of benzene rings is 1.